The Hall–Kier alpha value is -0.570. The van der Waals surface area contributed by atoms with E-state index in [0.717, 1.165) is 29.6 Å². The topological polar surface area (TPSA) is 66.4 Å². The molecule has 1 aromatic rings. The first-order valence-corrected chi connectivity index (χ1v) is 8.72. The van der Waals surface area contributed by atoms with E-state index in [9.17, 15) is 8.42 Å². The molecule has 8 heteroatoms. The molecule has 6 nitrogen and oxygen atoms in total. The highest BCUT2D eigenvalue weighted by atomic mass is 79.9. The minimum atomic E-state index is -3.27. The molecule has 0 amide bonds. The van der Waals surface area contributed by atoms with Crippen molar-refractivity contribution in [3.05, 3.63) is 22.7 Å². The predicted octanol–water partition coefficient (Wildman–Crippen LogP) is 1.30. The highest BCUT2D eigenvalue weighted by molar-refractivity contribution is 9.10. The Morgan fingerprint density at radius 2 is 1.95 bits per heavy atom. The van der Waals surface area contributed by atoms with Gasteiger partial charge in [-0.3, -0.25) is 4.98 Å². The number of aromatic nitrogens is 2. The van der Waals surface area contributed by atoms with Crippen molar-refractivity contribution in [2.75, 3.05) is 27.2 Å². The van der Waals surface area contributed by atoms with Gasteiger partial charge in [-0.15, -0.1) is 0 Å². The van der Waals surface area contributed by atoms with Crippen LogP contribution in [0.3, 0.4) is 0 Å². The standard InChI is InChI=1S/C12H19BrN4O2S/c1-16(2)20(18,19)17-5-3-10(4-6-17)7-11-8-15-12(13)9-14-11/h8-10H,3-7H2,1-2H3. The second kappa shape index (κ2) is 6.46. The van der Waals surface area contributed by atoms with Gasteiger partial charge in [0, 0.05) is 33.4 Å². The van der Waals surface area contributed by atoms with E-state index < -0.39 is 10.2 Å². The minimum absolute atomic E-state index is 0.471. The maximum atomic E-state index is 12.0. The Morgan fingerprint density at radius 1 is 1.30 bits per heavy atom. The number of hydrogen-bond acceptors (Lipinski definition) is 4. The van der Waals surface area contributed by atoms with Crippen molar-refractivity contribution in [1.29, 1.82) is 0 Å². The first-order chi connectivity index (χ1) is 9.39. The van der Waals surface area contributed by atoms with Crippen LogP contribution in [0.2, 0.25) is 0 Å². The van der Waals surface area contributed by atoms with E-state index in [1.807, 2.05) is 0 Å². The second-order valence-electron chi connectivity index (χ2n) is 5.17. The Kier molecular flexibility index (Phi) is 5.11. The van der Waals surface area contributed by atoms with Crippen LogP contribution in [0.25, 0.3) is 0 Å². The molecule has 1 aromatic heterocycles. The molecule has 0 radical (unpaired) electrons. The zero-order valence-electron chi connectivity index (χ0n) is 11.7. The van der Waals surface area contributed by atoms with Gasteiger partial charge in [-0.2, -0.15) is 17.0 Å². The van der Waals surface area contributed by atoms with Crippen LogP contribution < -0.4 is 0 Å². The normalized spacial score (nSPS) is 18.6. The summed E-state index contributed by atoms with van der Waals surface area (Å²) in [6, 6.07) is 0. The molecule has 0 N–H and O–H groups in total. The predicted molar refractivity (Wildman–Crippen MR) is 80.3 cm³/mol. The van der Waals surface area contributed by atoms with Gasteiger partial charge in [0.25, 0.3) is 10.2 Å². The summed E-state index contributed by atoms with van der Waals surface area (Å²) in [7, 11) is -0.133. The van der Waals surface area contributed by atoms with Gasteiger partial charge in [0.15, 0.2) is 0 Å². The van der Waals surface area contributed by atoms with Gasteiger partial charge in [-0.25, -0.2) is 4.98 Å². The zero-order valence-corrected chi connectivity index (χ0v) is 14.1. The molecule has 1 saturated heterocycles. The molecule has 2 rings (SSSR count). The third kappa shape index (κ3) is 3.75. The molecule has 0 spiro atoms. The van der Waals surface area contributed by atoms with Crippen molar-refractivity contribution in [1.82, 2.24) is 18.6 Å². The molecule has 20 heavy (non-hydrogen) atoms. The molecular formula is C12H19BrN4O2S. The summed E-state index contributed by atoms with van der Waals surface area (Å²) in [4.78, 5) is 8.48. The van der Waals surface area contributed by atoms with E-state index in [1.54, 1.807) is 30.8 Å². The highest BCUT2D eigenvalue weighted by Gasteiger charge is 2.29. The monoisotopic (exact) mass is 362 g/mol. The van der Waals surface area contributed by atoms with Gasteiger partial charge in [0.05, 0.1) is 11.9 Å². The molecule has 0 saturated carbocycles. The molecular weight excluding hydrogens is 344 g/mol. The van der Waals surface area contributed by atoms with Gasteiger partial charge in [0.2, 0.25) is 0 Å². The van der Waals surface area contributed by atoms with Gasteiger partial charge < -0.3 is 0 Å². The summed E-state index contributed by atoms with van der Waals surface area (Å²) < 4.78 is 27.6. The third-order valence-corrected chi connectivity index (χ3v) is 5.88. The summed E-state index contributed by atoms with van der Waals surface area (Å²) in [5.74, 6) is 0.471. The summed E-state index contributed by atoms with van der Waals surface area (Å²) in [6.07, 6.45) is 6.06. The fourth-order valence-corrected chi connectivity index (χ4v) is 3.65. The first kappa shape index (κ1) is 15.8. The molecule has 0 bridgehead atoms. The van der Waals surface area contributed by atoms with Crippen molar-refractivity contribution in [3.8, 4) is 0 Å². The van der Waals surface area contributed by atoms with Gasteiger partial charge in [0.1, 0.15) is 4.60 Å². The van der Waals surface area contributed by atoms with Crippen molar-refractivity contribution in [2.45, 2.75) is 19.3 Å². The number of nitrogens with zero attached hydrogens (tertiary/aromatic N) is 4. The lowest BCUT2D eigenvalue weighted by molar-refractivity contribution is 0.260. The molecule has 0 atom stereocenters. The lowest BCUT2D eigenvalue weighted by atomic mass is 9.93. The van der Waals surface area contributed by atoms with Crippen molar-refractivity contribution >= 4 is 26.1 Å². The fraction of sp³-hybridized carbons (Fsp3) is 0.667. The zero-order chi connectivity index (χ0) is 14.8. The summed E-state index contributed by atoms with van der Waals surface area (Å²) >= 11 is 3.26. The Morgan fingerprint density at radius 3 is 2.45 bits per heavy atom. The van der Waals surface area contributed by atoms with Crippen LogP contribution in [0.15, 0.2) is 17.0 Å². The van der Waals surface area contributed by atoms with Gasteiger partial charge in [-0.05, 0) is 41.1 Å². The maximum Gasteiger partial charge on any atom is 0.281 e. The Balaban J connectivity index is 1.90. The lowest BCUT2D eigenvalue weighted by Crippen LogP contribution is -2.44. The summed E-state index contributed by atoms with van der Waals surface area (Å²) in [6.45, 7) is 1.16. The largest absolute Gasteiger partial charge is 0.281 e. The molecule has 1 fully saturated rings. The highest BCUT2D eigenvalue weighted by Crippen LogP contribution is 2.23. The molecule has 1 aliphatic rings. The van der Waals surface area contributed by atoms with Crippen LogP contribution in [-0.4, -0.2) is 54.2 Å². The Labute approximate surface area is 128 Å². The average Bonchev–Trinajstić information content (AvgIpc) is 2.42. The summed E-state index contributed by atoms with van der Waals surface area (Å²) in [5.41, 5.74) is 0.960. The number of rotatable bonds is 4. The van der Waals surface area contributed by atoms with E-state index in [1.165, 1.54) is 4.31 Å². The van der Waals surface area contributed by atoms with Crippen molar-refractivity contribution < 1.29 is 8.42 Å². The molecule has 0 unspecified atom stereocenters. The van der Waals surface area contributed by atoms with Gasteiger partial charge in [-0.1, -0.05) is 0 Å². The minimum Gasteiger partial charge on any atom is -0.257 e. The quantitative estimate of drug-likeness (QED) is 0.809. The number of piperidine rings is 1. The van der Waals surface area contributed by atoms with Crippen LogP contribution in [0, 0.1) is 5.92 Å². The van der Waals surface area contributed by atoms with E-state index in [4.69, 9.17) is 0 Å². The third-order valence-electron chi connectivity index (χ3n) is 3.53. The van der Waals surface area contributed by atoms with Crippen molar-refractivity contribution in [3.63, 3.8) is 0 Å². The number of hydrogen-bond donors (Lipinski definition) is 0. The molecule has 112 valence electrons. The Bertz CT molecular complexity index is 539. The summed E-state index contributed by atoms with van der Waals surface area (Å²) in [5, 5.41) is 0. The van der Waals surface area contributed by atoms with Crippen LogP contribution in [0.4, 0.5) is 0 Å². The lowest BCUT2D eigenvalue weighted by Gasteiger charge is -2.32. The molecule has 0 aliphatic carbocycles. The van der Waals surface area contributed by atoms with Crippen LogP contribution in [0.5, 0.6) is 0 Å². The number of halogens is 1. The molecule has 1 aliphatic heterocycles. The van der Waals surface area contributed by atoms with E-state index in [2.05, 4.69) is 25.9 Å². The smallest absolute Gasteiger partial charge is 0.257 e. The van der Waals surface area contributed by atoms with Crippen LogP contribution in [0.1, 0.15) is 18.5 Å². The molecule has 2 heterocycles. The van der Waals surface area contributed by atoms with Crippen molar-refractivity contribution in [2.24, 2.45) is 5.92 Å². The van der Waals surface area contributed by atoms with E-state index in [0.29, 0.717) is 19.0 Å². The van der Waals surface area contributed by atoms with Crippen LogP contribution >= 0.6 is 15.9 Å². The average molecular weight is 363 g/mol. The SMILES string of the molecule is CN(C)S(=O)(=O)N1CCC(Cc2cnc(Br)cn2)CC1. The fourth-order valence-electron chi connectivity index (χ4n) is 2.32. The van der Waals surface area contributed by atoms with Crippen LogP contribution in [-0.2, 0) is 16.6 Å². The van der Waals surface area contributed by atoms with E-state index >= 15 is 0 Å². The molecule has 0 aromatic carbocycles. The first-order valence-electron chi connectivity index (χ1n) is 6.53. The second-order valence-corrected chi connectivity index (χ2v) is 8.12. The maximum absolute atomic E-state index is 12.0. The van der Waals surface area contributed by atoms with E-state index in [-0.39, 0.29) is 0 Å². The van der Waals surface area contributed by atoms with Gasteiger partial charge >= 0.3 is 0 Å².